The minimum atomic E-state index is -1.21. The van der Waals surface area contributed by atoms with Crippen LogP contribution in [0.15, 0.2) is 48.6 Å². The molecule has 0 aliphatic carbocycles. The van der Waals surface area contributed by atoms with Gasteiger partial charge in [0.1, 0.15) is 12.6 Å². The number of carbonyl (C=O) groups is 6. The molecule has 1 heterocycles. The van der Waals surface area contributed by atoms with Crippen molar-refractivity contribution in [3.8, 4) is 0 Å². The van der Waals surface area contributed by atoms with Crippen LogP contribution in [0.5, 0.6) is 0 Å². The summed E-state index contributed by atoms with van der Waals surface area (Å²) in [6.07, 6.45) is 9.20. The molecule has 0 saturated carbocycles. The molecule has 0 aromatic heterocycles. The Hall–Kier alpha value is -4.12. The first-order valence-electron chi connectivity index (χ1n) is 18.4. The molecule has 3 N–H and O–H groups in total. The molecular weight excluding hydrogens is 648 g/mol. The van der Waals surface area contributed by atoms with Gasteiger partial charge in [-0.2, -0.15) is 0 Å². The summed E-state index contributed by atoms with van der Waals surface area (Å²) in [6.45, 7) is 16.7. The number of hydrogen-bond donors (Lipinski definition) is 3. The van der Waals surface area contributed by atoms with Gasteiger partial charge in [0.2, 0.25) is 23.6 Å². The number of rotatable bonds is 22. The number of benzene rings is 1. The maximum absolute atomic E-state index is 13.8. The van der Waals surface area contributed by atoms with Gasteiger partial charge in [-0.15, -0.1) is 0 Å². The predicted octanol–water partition coefficient (Wildman–Crippen LogP) is 5.50. The number of hydrogen-bond acceptors (Lipinski definition) is 7. The van der Waals surface area contributed by atoms with Gasteiger partial charge in [-0.05, 0) is 67.0 Å². The van der Waals surface area contributed by atoms with Gasteiger partial charge in [-0.3, -0.25) is 28.9 Å². The fraction of sp³-hybridized carbons (Fsp3) is 0.600. The van der Waals surface area contributed by atoms with Crippen LogP contribution in [-0.4, -0.2) is 77.6 Å². The second kappa shape index (κ2) is 21.3. The Kier molecular flexibility index (Phi) is 18.0. The Morgan fingerprint density at radius 3 is 2.22 bits per heavy atom. The Morgan fingerprint density at radius 1 is 0.961 bits per heavy atom. The Morgan fingerprint density at radius 2 is 1.63 bits per heavy atom. The zero-order valence-corrected chi connectivity index (χ0v) is 31.8. The average Bonchev–Trinajstić information content (AvgIpc) is 3.33. The van der Waals surface area contributed by atoms with Gasteiger partial charge < -0.3 is 20.6 Å². The van der Waals surface area contributed by atoms with Crippen molar-refractivity contribution in [3.05, 3.63) is 54.1 Å². The largest absolute Gasteiger partial charge is 0.480 e. The molecule has 11 nitrogen and oxygen atoms in total. The molecule has 0 radical (unpaired) electrons. The Balaban J connectivity index is 1.93. The van der Waals surface area contributed by atoms with E-state index in [4.69, 9.17) is 0 Å². The summed E-state index contributed by atoms with van der Waals surface area (Å²) in [7, 11) is 0. The minimum Gasteiger partial charge on any atom is -0.480 e. The monoisotopic (exact) mass is 708 g/mol. The van der Waals surface area contributed by atoms with Gasteiger partial charge in [0.25, 0.3) is 0 Å². The van der Waals surface area contributed by atoms with Gasteiger partial charge in [0.15, 0.2) is 5.78 Å². The van der Waals surface area contributed by atoms with Crippen LogP contribution in [0.1, 0.15) is 99.0 Å². The lowest BCUT2D eigenvalue weighted by atomic mass is 9.93. The summed E-state index contributed by atoms with van der Waals surface area (Å²) in [5, 5.41) is 15.1. The van der Waals surface area contributed by atoms with E-state index in [1.54, 1.807) is 4.90 Å². The van der Waals surface area contributed by atoms with Gasteiger partial charge in [-0.25, -0.2) is 4.79 Å². The summed E-state index contributed by atoms with van der Waals surface area (Å²) >= 11 is 0. The maximum atomic E-state index is 13.8. The van der Waals surface area contributed by atoms with E-state index in [1.165, 1.54) is 0 Å². The number of nitrogens with zero attached hydrogens (tertiary/aromatic N) is 2. The van der Waals surface area contributed by atoms with E-state index in [0.717, 1.165) is 16.2 Å². The number of ketones is 1. The lowest BCUT2D eigenvalue weighted by Crippen LogP contribution is -2.47. The molecule has 282 valence electrons. The first-order chi connectivity index (χ1) is 24.0. The van der Waals surface area contributed by atoms with Gasteiger partial charge >= 0.3 is 5.97 Å². The summed E-state index contributed by atoms with van der Waals surface area (Å²) in [4.78, 5) is 78.5. The molecule has 1 aromatic rings. The van der Waals surface area contributed by atoms with Crippen molar-refractivity contribution in [1.82, 2.24) is 15.5 Å². The molecule has 1 fully saturated rings. The van der Waals surface area contributed by atoms with Crippen LogP contribution in [0.2, 0.25) is 0 Å². The van der Waals surface area contributed by atoms with E-state index >= 15 is 0 Å². The fourth-order valence-corrected chi connectivity index (χ4v) is 5.94. The van der Waals surface area contributed by atoms with Crippen molar-refractivity contribution in [3.63, 3.8) is 0 Å². The number of carboxylic acids is 1. The molecule has 1 aromatic carbocycles. The molecule has 0 spiro atoms. The number of carbonyl (C=O) groups excluding carboxylic acids is 5. The van der Waals surface area contributed by atoms with Crippen molar-refractivity contribution < 1.29 is 33.9 Å². The minimum absolute atomic E-state index is 0.00667. The summed E-state index contributed by atoms with van der Waals surface area (Å²) in [5.74, 6) is -2.83. The van der Waals surface area contributed by atoms with Gasteiger partial charge in [0, 0.05) is 24.6 Å². The second-order valence-electron chi connectivity index (χ2n) is 14.9. The number of anilines is 1. The van der Waals surface area contributed by atoms with Crippen LogP contribution in [0.4, 0.5) is 5.69 Å². The molecule has 2 rings (SSSR count). The van der Waals surface area contributed by atoms with E-state index in [0.29, 0.717) is 31.8 Å². The zero-order valence-electron chi connectivity index (χ0n) is 31.8. The third-order valence-corrected chi connectivity index (χ3v) is 9.15. The number of unbranched alkanes of at least 4 members (excludes halogenated alkanes) is 1. The molecule has 0 bridgehead atoms. The second-order valence-corrected chi connectivity index (χ2v) is 14.9. The third kappa shape index (κ3) is 14.2. The molecule has 1 aliphatic rings. The van der Waals surface area contributed by atoms with Crippen LogP contribution in [0, 0.1) is 29.6 Å². The van der Waals surface area contributed by atoms with Crippen LogP contribution in [0.25, 0.3) is 0 Å². The smallest absolute Gasteiger partial charge is 0.326 e. The Bertz CT molecular complexity index is 1410. The molecule has 4 amide bonds. The average molecular weight is 709 g/mol. The van der Waals surface area contributed by atoms with Gasteiger partial charge in [-0.1, -0.05) is 97.9 Å². The highest BCUT2D eigenvalue weighted by Gasteiger charge is 2.41. The third-order valence-electron chi connectivity index (χ3n) is 9.15. The van der Waals surface area contributed by atoms with Crippen LogP contribution in [0.3, 0.4) is 0 Å². The number of para-hydroxylation sites is 1. The molecule has 11 heteroatoms. The lowest BCUT2D eigenvalue weighted by molar-refractivity contribution is -0.145. The van der Waals surface area contributed by atoms with Crippen molar-refractivity contribution in [1.29, 1.82) is 0 Å². The number of amides is 4. The van der Waals surface area contributed by atoms with Crippen LogP contribution < -0.4 is 15.5 Å². The van der Waals surface area contributed by atoms with Crippen molar-refractivity contribution in [2.75, 3.05) is 31.1 Å². The number of carboxylic acid groups (broad SMARTS) is 1. The molecule has 3 unspecified atom stereocenters. The fourth-order valence-electron chi connectivity index (χ4n) is 5.94. The number of imide groups is 1. The SMILES string of the molecule is CC(C)/C=C\C=C/C(CN(C(=O)CC(=O)CNCCCCC(NC(=O)CN1C(=O)CC(C(C)C)C1=O)C(=O)O)c1ccccc1C(C)C)C(C)C. The maximum Gasteiger partial charge on any atom is 0.326 e. The highest BCUT2D eigenvalue weighted by atomic mass is 16.4. The van der Waals surface area contributed by atoms with E-state index < -0.39 is 42.2 Å². The molecular formula is C40H60N4O7. The first kappa shape index (κ1) is 43.0. The number of likely N-dealkylation sites (tertiary alicyclic amines) is 1. The Labute approximate surface area is 304 Å². The van der Waals surface area contributed by atoms with E-state index in [-0.39, 0.29) is 61.2 Å². The summed E-state index contributed by atoms with van der Waals surface area (Å²) < 4.78 is 0. The lowest BCUT2D eigenvalue weighted by Gasteiger charge is -2.30. The number of nitrogens with one attached hydrogen (secondary N) is 2. The summed E-state index contributed by atoms with van der Waals surface area (Å²) in [5.41, 5.74) is 1.85. The standard InChI is InChI=1S/C40H60N4O7/c1-26(2)15-9-10-16-30(27(3)4)24-43(35-19-12-11-17-32(35)28(5)6)37(47)21-31(45)23-41-20-14-13-18-34(40(50)51)42-36(46)25-44-38(48)22-33(29(7)8)39(44)49/h9-12,15-17,19,26-30,33-34,41H,13-14,18,20-25H2,1-8H3,(H,42,46)(H,50,51)/b15-9-,16-10-. The van der Waals surface area contributed by atoms with E-state index in [1.807, 2.05) is 50.3 Å². The van der Waals surface area contributed by atoms with E-state index in [2.05, 4.69) is 64.3 Å². The van der Waals surface area contributed by atoms with Crippen LogP contribution >= 0.6 is 0 Å². The van der Waals surface area contributed by atoms with E-state index in [9.17, 15) is 33.9 Å². The number of allylic oxidation sites excluding steroid dienone is 3. The van der Waals surface area contributed by atoms with Crippen molar-refractivity contribution in [2.45, 2.75) is 99.5 Å². The topological polar surface area (TPSA) is 153 Å². The number of aliphatic carboxylic acids is 1. The first-order valence-corrected chi connectivity index (χ1v) is 18.4. The normalized spacial score (nSPS) is 16.3. The summed E-state index contributed by atoms with van der Waals surface area (Å²) in [6, 6.07) is 6.65. The zero-order chi connectivity index (χ0) is 38.2. The number of Topliss-reactive ketones (excluding diaryl/α,β-unsaturated/α-hetero) is 1. The van der Waals surface area contributed by atoms with Crippen molar-refractivity contribution in [2.24, 2.45) is 29.6 Å². The quantitative estimate of drug-likeness (QED) is 0.0618. The molecule has 1 saturated heterocycles. The van der Waals surface area contributed by atoms with Crippen molar-refractivity contribution >= 4 is 41.1 Å². The molecule has 51 heavy (non-hydrogen) atoms. The predicted molar refractivity (Wildman–Crippen MR) is 200 cm³/mol. The highest BCUT2D eigenvalue weighted by molar-refractivity contribution is 6.07. The highest BCUT2D eigenvalue weighted by Crippen LogP contribution is 2.30. The van der Waals surface area contributed by atoms with Gasteiger partial charge in [0.05, 0.1) is 13.0 Å². The van der Waals surface area contributed by atoms with Crippen LogP contribution in [-0.2, 0) is 28.8 Å². The molecule has 3 atom stereocenters. The molecule has 1 aliphatic heterocycles.